The van der Waals surface area contributed by atoms with Gasteiger partial charge in [0, 0.05) is 5.39 Å². The van der Waals surface area contributed by atoms with Crippen LogP contribution in [0, 0.1) is 6.92 Å². The van der Waals surface area contributed by atoms with Crippen molar-refractivity contribution in [1.82, 2.24) is 20.2 Å². The first-order valence-corrected chi connectivity index (χ1v) is 10.2. The quantitative estimate of drug-likeness (QED) is 0.410. The maximum absolute atomic E-state index is 4.93. The van der Waals surface area contributed by atoms with Crippen LogP contribution in [0.1, 0.15) is 11.5 Å². The average Bonchev–Trinajstić information content (AvgIpc) is 3.21. The van der Waals surface area contributed by atoms with E-state index in [1.54, 1.807) is 11.8 Å². The first-order valence-electron chi connectivity index (χ1n) is 8.99. The summed E-state index contributed by atoms with van der Waals surface area (Å²) in [5.74, 6) is 0.756. The summed E-state index contributed by atoms with van der Waals surface area (Å²) in [5, 5.41) is 9.31. The Kier molecular flexibility index (Phi) is 4.09. The number of fused-ring (bicyclic) bond motifs is 2. The van der Waals surface area contributed by atoms with Crippen LogP contribution in [-0.2, 0) is 0 Å². The van der Waals surface area contributed by atoms with E-state index in [4.69, 9.17) is 4.99 Å². The van der Waals surface area contributed by atoms with Crippen LogP contribution in [-0.4, -0.2) is 38.7 Å². The Morgan fingerprint density at radius 1 is 1.04 bits per heavy atom. The van der Waals surface area contributed by atoms with E-state index in [1.165, 1.54) is 0 Å². The molecular weight excluding hydrogens is 368 g/mol. The van der Waals surface area contributed by atoms with Crippen molar-refractivity contribution in [3.63, 3.8) is 0 Å². The molecule has 0 unspecified atom stereocenters. The molecule has 7 heteroatoms. The lowest BCUT2D eigenvalue weighted by molar-refractivity contribution is 0.953. The fraction of sp³-hybridized carbons (Fsp3) is 0.143. The molecule has 5 rings (SSSR count). The van der Waals surface area contributed by atoms with E-state index >= 15 is 0 Å². The predicted molar refractivity (Wildman–Crippen MR) is 114 cm³/mol. The molecule has 138 valence electrons. The van der Waals surface area contributed by atoms with Gasteiger partial charge in [-0.15, -0.1) is 11.8 Å². The van der Waals surface area contributed by atoms with Crippen molar-refractivity contribution in [1.29, 1.82) is 0 Å². The van der Waals surface area contributed by atoms with Crippen LogP contribution in [0.4, 0.5) is 17.1 Å². The van der Waals surface area contributed by atoms with Gasteiger partial charge in [0.2, 0.25) is 0 Å². The number of hydrogen-bond acceptors (Lipinski definition) is 6. The first kappa shape index (κ1) is 16.9. The lowest BCUT2D eigenvalue weighted by Crippen LogP contribution is -2.29. The standard InChI is InChI=1S/C21H18N6S/c1-13-23-17(10-21(24-13)28-2)18-12-27(20-8-4-3-6-16(20)25-18)19-9-5-7-15-14(19)11-22-26-15/h3-11H,12H2,1-2H3,(H,22,26). The van der Waals surface area contributed by atoms with E-state index in [9.17, 15) is 0 Å². The Morgan fingerprint density at radius 3 is 2.79 bits per heavy atom. The number of aromatic nitrogens is 4. The number of hydrogen-bond donors (Lipinski definition) is 1. The van der Waals surface area contributed by atoms with Crippen LogP contribution in [0.3, 0.4) is 0 Å². The van der Waals surface area contributed by atoms with Gasteiger partial charge in [-0.05, 0) is 43.5 Å². The molecule has 0 atom stereocenters. The van der Waals surface area contributed by atoms with E-state index in [2.05, 4.69) is 37.2 Å². The minimum atomic E-state index is 0.631. The van der Waals surface area contributed by atoms with Gasteiger partial charge in [-0.25, -0.2) is 15.0 Å². The van der Waals surface area contributed by atoms with Gasteiger partial charge in [0.1, 0.15) is 10.9 Å². The van der Waals surface area contributed by atoms with Crippen molar-refractivity contribution in [2.24, 2.45) is 4.99 Å². The minimum absolute atomic E-state index is 0.631. The molecule has 0 radical (unpaired) electrons. The van der Waals surface area contributed by atoms with Crippen molar-refractivity contribution in [2.75, 3.05) is 17.7 Å². The van der Waals surface area contributed by atoms with Gasteiger partial charge < -0.3 is 4.90 Å². The number of thioether (sulfide) groups is 1. The fourth-order valence-corrected chi connectivity index (χ4v) is 3.99. The normalized spacial score (nSPS) is 13.5. The van der Waals surface area contributed by atoms with E-state index < -0.39 is 0 Å². The molecule has 4 aromatic rings. The second kappa shape index (κ2) is 6.76. The molecule has 28 heavy (non-hydrogen) atoms. The topological polar surface area (TPSA) is 70.1 Å². The zero-order valence-corrected chi connectivity index (χ0v) is 16.4. The summed E-state index contributed by atoms with van der Waals surface area (Å²) in [7, 11) is 0. The monoisotopic (exact) mass is 386 g/mol. The summed E-state index contributed by atoms with van der Waals surface area (Å²) >= 11 is 1.61. The van der Waals surface area contributed by atoms with Crippen LogP contribution in [0.25, 0.3) is 10.9 Å². The molecule has 0 spiro atoms. The number of rotatable bonds is 3. The molecule has 1 N–H and O–H groups in total. The molecule has 6 nitrogen and oxygen atoms in total. The molecule has 1 aliphatic rings. The molecule has 2 aromatic heterocycles. The Balaban J connectivity index is 1.68. The largest absolute Gasteiger partial charge is 0.333 e. The first-order chi connectivity index (χ1) is 13.7. The van der Waals surface area contributed by atoms with Crippen LogP contribution >= 0.6 is 11.8 Å². The van der Waals surface area contributed by atoms with Crippen molar-refractivity contribution < 1.29 is 0 Å². The van der Waals surface area contributed by atoms with Crippen molar-refractivity contribution in [2.45, 2.75) is 11.9 Å². The Morgan fingerprint density at radius 2 is 1.89 bits per heavy atom. The highest BCUT2D eigenvalue weighted by Crippen LogP contribution is 2.40. The van der Waals surface area contributed by atoms with Gasteiger partial charge in [0.05, 0.1) is 46.7 Å². The van der Waals surface area contributed by atoms with Crippen LogP contribution in [0.15, 0.2) is 64.7 Å². The van der Waals surface area contributed by atoms with E-state index in [0.717, 1.165) is 50.2 Å². The van der Waals surface area contributed by atoms with Gasteiger partial charge in [-0.1, -0.05) is 18.2 Å². The predicted octanol–water partition coefficient (Wildman–Crippen LogP) is 4.66. The van der Waals surface area contributed by atoms with Crippen LogP contribution in [0.2, 0.25) is 0 Å². The number of aromatic amines is 1. The van der Waals surface area contributed by atoms with Crippen molar-refractivity contribution in [3.05, 3.63) is 66.2 Å². The fourth-order valence-electron chi connectivity index (χ4n) is 3.54. The van der Waals surface area contributed by atoms with Crippen molar-refractivity contribution in [3.8, 4) is 0 Å². The Labute approximate surface area is 166 Å². The summed E-state index contributed by atoms with van der Waals surface area (Å²) in [5.41, 5.74) is 5.93. The lowest BCUT2D eigenvalue weighted by Gasteiger charge is -2.31. The number of nitrogens with zero attached hydrogens (tertiary/aromatic N) is 5. The molecule has 1 aliphatic heterocycles. The number of aryl methyl sites for hydroxylation is 1. The minimum Gasteiger partial charge on any atom is -0.333 e. The summed E-state index contributed by atoms with van der Waals surface area (Å²) in [6.07, 6.45) is 3.90. The van der Waals surface area contributed by atoms with Gasteiger partial charge in [-0.2, -0.15) is 5.10 Å². The third kappa shape index (κ3) is 2.84. The maximum atomic E-state index is 4.93. The molecule has 0 saturated heterocycles. The summed E-state index contributed by atoms with van der Waals surface area (Å²) in [6.45, 7) is 2.55. The average molecular weight is 386 g/mol. The summed E-state index contributed by atoms with van der Waals surface area (Å²) in [6, 6.07) is 16.4. The highest BCUT2D eigenvalue weighted by molar-refractivity contribution is 7.98. The van der Waals surface area contributed by atoms with Gasteiger partial charge >= 0.3 is 0 Å². The van der Waals surface area contributed by atoms with E-state index in [-0.39, 0.29) is 0 Å². The van der Waals surface area contributed by atoms with Crippen LogP contribution < -0.4 is 4.90 Å². The molecule has 3 heterocycles. The Hall–Kier alpha value is -3.19. The van der Waals surface area contributed by atoms with Gasteiger partial charge in [-0.3, -0.25) is 5.10 Å². The summed E-state index contributed by atoms with van der Waals surface area (Å²) in [4.78, 5) is 16.3. The van der Waals surface area contributed by atoms with E-state index in [1.807, 2.05) is 55.8 Å². The second-order valence-corrected chi connectivity index (χ2v) is 7.41. The molecular formula is C21H18N6S. The highest BCUT2D eigenvalue weighted by Gasteiger charge is 2.24. The zero-order chi connectivity index (χ0) is 19.1. The van der Waals surface area contributed by atoms with Gasteiger partial charge in [0.25, 0.3) is 0 Å². The number of para-hydroxylation sites is 2. The number of nitrogens with one attached hydrogen (secondary N) is 1. The van der Waals surface area contributed by atoms with Crippen molar-refractivity contribution >= 4 is 45.4 Å². The summed E-state index contributed by atoms with van der Waals surface area (Å²) < 4.78 is 0. The molecule has 2 aromatic carbocycles. The number of benzene rings is 2. The number of H-pyrrole nitrogens is 1. The molecule has 0 saturated carbocycles. The van der Waals surface area contributed by atoms with E-state index in [0.29, 0.717) is 6.54 Å². The molecule has 0 fully saturated rings. The van der Waals surface area contributed by atoms with Crippen LogP contribution in [0.5, 0.6) is 0 Å². The third-order valence-corrected chi connectivity index (χ3v) is 5.44. The Bertz CT molecular complexity index is 1210. The molecule has 0 amide bonds. The smallest absolute Gasteiger partial charge is 0.127 e. The molecule has 0 bridgehead atoms. The maximum Gasteiger partial charge on any atom is 0.127 e. The third-order valence-electron chi connectivity index (χ3n) is 4.81. The molecule has 0 aliphatic carbocycles. The lowest BCUT2D eigenvalue weighted by atomic mass is 10.1. The highest BCUT2D eigenvalue weighted by atomic mass is 32.2. The second-order valence-electron chi connectivity index (χ2n) is 6.58. The van der Waals surface area contributed by atoms with Gasteiger partial charge in [0.15, 0.2) is 0 Å². The SMILES string of the molecule is CSc1cc(C2=Nc3ccccc3N(c3cccc4[nH]ncc34)C2)nc(C)n1. The zero-order valence-electron chi connectivity index (χ0n) is 15.5. The number of aliphatic imine (C=N–C) groups is 1. The number of anilines is 2.